The molecule has 1 atom stereocenters. The van der Waals surface area contributed by atoms with Crippen LogP contribution in [0.15, 0.2) is 30.3 Å². The molecule has 1 spiro atoms. The molecule has 2 aliphatic rings. The second kappa shape index (κ2) is 3.99. The summed E-state index contributed by atoms with van der Waals surface area (Å²) in [6.45, 7) is 1.56. The fourth-order valence-electron chi connectivity index (χ4n) is 2.18. The van der Waals surface area contributed by atoms with E-state index in [9.17, 15) is 5.11 Å². The zero-order valence-electron chi connectivity index (χ0n) is 9.32. The van der Waals surface area contributed by atoms with Crippen LogP contribution in [0.2, 0.25) is 0 Å². The van der Waals surface area contributed by atoms with E-state index < -0.39 is 13.4 Å². The van der Waals surface area contributed by atoms with E-state index in [0.717, 1.165) is 0 Å². The van der Waals surface area contributed by atoms with Crippen LogP contribution in [-0.4, -0.2) is 31.5 Å². The van der Waals surface area contributed by atoms with Gasteiger partial charge in [0.1, 0.15) is 0 Å². The molecule has 3 rings (SSSR count). The van der Waals surface area contributed by atoms with Crippen molar-refractivity contribution in [3.8, 4) is 0 Å². The molecule has 1 N–H and O–H groups in total. The van der Waals surface area contributed by atoms with Crippen molar-refractivity contribution in [3.05, 3.63) is 35.9 Å². The molecule has 0 aromatic heterocycles. The summed E-state index contributed by atoms with van der Waals surface area (Å²) < 4.78 is 22.5. The van der Waals surface area contributed by atoms with Crippen LogP contribution in [0, 0.1) is 0 Å². The average Bonchev–Trinajstić information content (AvgIpc) is 3.01. The Labute approximate surface area is 99.5 Å². The van der Waals surface area contributed by atoms with Gasteiger partial charge in [-0.25, -0.2) is 0 Å². The predicted octanol–water partition coefficient (Wildman–Crippen LogP) is 1.98. The van der Waals surface area contributed by atoms with Gasteiger partial charge in [-0.05, 0) is 0 Å². The third-order valence-corrected chi connectivity index (χ3v) is 6.65. The number of hydrogen-bond acceptors (Lipinski definition) is 5. The van der Waals surface area contributed by atoms with Crippen molar-refractivity contribution in [1.82, 2.24) is 0 Å². The third-order valence-electron chi connectivity index (χ3n) is 2.96. The summed E-state index contributed by atoms with van der Waals surface area (Å²) in [7, 11) is -3.79. The first-order valence-corrected chi connectivity index (χ1v) is 7.58. The molecule has 5 nitrogen and oxygen atoms in total. The minimum absolute atomic E-state index is 0.391. The Bertz CT molecular complexity index is 374. The van der Waals surface area contributed by atoms with Crippen LogP contribution >= 0.6 is 7.51 Å². The van der Waals surface area contributed by atoms with Crippen molar-refractivity contribution in [3.63, 3.8) is 0 Å². The van der Waals surface area contributed by atoms with Crippen LogP contribution in [0.1, 0.15) is 11.4 Å². The van der Waals surface area contributed by atoms with E-state index in [2.05, 4.69) is 0 Å². The molecule has 2 saturated heterocycles. The Hall–Kier alpha value is -0.550. The van der Waals surface area contributed by atoms with E-state index in [-0.39, 0.29) is 0 Å². The molecule has 6 heteroatoms. The summed E-state index contributed by atoms with van der Waals surface area (Å²) in [6, 6.07) is 9.19. The van der Waals surface area contributed by atoms with Gasteiger partial charge in [0, 0.05) is 0 Å². The molecule has 0 saturated carbocycles. The van der Waals surface area contributed by atoms with Crippen molar-refractivity contribution < 1.29 is 23.2 Å². The van der Waals surface area contributed by atoms with Crippen LogP contribution in [0.25, 0.3) is 0 Å². The van der Waals surface area contributed by atoms with E-state index in [1.54, 1.807) is 0 Å². The molecule has 1 unspecified atom stereocenters. The summed E-state index contributed by atoms with van der Waals surface area (Å²) in [5.41, 5.74) is 0.689. The van der Waals surface area contributed by atoms with E-state index >= 15 is 0 Å². The maximum atomic E-state index is 10.5. The maximum absolute atomic E-state index is 10.5. The summed E-state index contributed by atoms with van der Waals surface area (Å²) in [5.74, 6) is -1.01. The number of aliphatic hydroxyl groups is 1. The number of benzene rings is 1. The van der Waals surface area contributed by atoms with Crippen LogP contribution < -0.4 is 0 Å². The normalized spacial score (nSPS) is 29.8. The van der Waals surface area contributed by atoms with Gasteiger partial charge in [0.15, 0.2) is 0 Å². The van der Waals surface area contributed by atoms with Crippen LogP contribution in [0.3, 0.4) is 0 Å². The predicted molar refractivity (Wildman–Crippen MR) is 62.1 cm³/mol. The zero-order chi connectivity index (χ0) is 11.8. The van der Waals surface area contributed by atoms with Crippen LogP contribution in [0.5, 0.6) is 0 Å². The molecule has 94 valence electrons. The van der Waals surface area contributed by atoms with Gasteiger partial charge >= 0.3 is 98.9 Å². The van der Waals surface area contributed by atoms with Gasteiger partial charge < -0.3 is 0 Å². The molecule has 0 amide bonds. The minimum atomic E-state index is -3.79. The summed E-state index contributed by atoms with van der Waals surface area (Å²) in [6.07, 6.45) is 0. The molecule has 0 bridgehead atoms. The van der Waals surface area contributed by atoms with E-state index in [1.807, 2.05) is 30.3 Å². The van der Waals surface area contributed by atoms with Gasteiger partial charge in [-0.15, -0.1) is 0 Å². The molecule has 2 fully saturated rings. The number of hydrogen-bond donors (Lipinski definition) is 1. The van der Waals surface area contributed by atoms with Crippen molar-refractivity contribution in [2.75, 3.05) is 26.4 Å². The Balaban J connectivity index is 2.00. The van der Waals surface area contributed by atoms with Crippen LogP contribution in [0.4, 0.5) is 0 Å². The summed E-state index contributed by atoms with van der Waals surface area (Å²) in [5, 5.41) is 10.5. The average molecular weight is 258 g/mol. The van der Waals surface area contributed by atoms with Crippen molar-refractivity contribution in [2.45, 2.75) is 5.85 Å². The summed E-state index contributed by atoms with van der Waals surface area (Å²) in [4.78, 5) is 0. The second-order valence-electron chi connectivity index (χ2n) is 3.99. The Morgan fingerprint density at radius 2 is 1.35 bits per heavy atom. The van der Waals surface area contributed by atoms with Crippen molar-refractivity contribution in [1.29, 1.82) is 0 Å². The Kier molecular flexibility index (Phi) is 2.70. The van der Waals surface area contributed by atoms with E-state index in [0.29, 0.717) is 32.0 Å². The molecule has 0 aliphatic carbocycles. The molecular formula is C11H15O5P. The summed E-state index contributed by atoms with van der Waals surface area (Å²) >= 11 is 0. The van der Waals surface area contributed by atoms with E-state index in [1.165, 1.54) is 0 Å². The molecule has 2 heterocycles. The first kappa shape index (κ1) is 11.5. The van der Waals surface area contributed by atoms with Gasteiger partial charge in [-0.1, -0.05) is 0 Å². The molecular weight excluding hydrogens is 243 g/mol. The monoisotopic (exact) mass is 258 g/mol. The molecule has 17 heavy (non-hydrogen) atoms. The molecule has 1 aromatic rings. The number of aliphatic hydroxyl groups excluding tert-OH is 1. The molecule has 0 radical (unpaired) electrons. The van der Waals surface area contributed by atoms with Gasteiger partial charge in [0.25, 0.3) is 0 Å². The van der Waals surface area contributed by atoms with Crippen molar-refractivity contribution in [2.24, 2.45) is 0 Å². The first-order chi connectivity index (χ1) is 8.25. The topological polar surface area (TPSA) is 57.2 Å². The fraction of sp³-hybridized carbons (Fsp3) is 0.455. The standard InChI is InChI=1S/C11H15O5P/c12-11(10-4-2-1-3-5-10)17(13-6-7-14-17)15-8-9-16-17/h1-5,11-12H,6-9H2. The second-order valence-corrected chi connectivity index (χ2v) is 7.25. The van der Waals surface area contributed by atoms with Gasteiger partial charge in [0.05, 0.1) is 0 Å². The SMILES string of the molecule is OC(c1ccccc1)P12(OCCO1)OCCO2. The quantitative estimate of drug-likeness (QED) is 0.822. The first-order valence-electron chi connectivity index (χ1n) is 5.60. The van der Waals surface area contributed by atoms with Crippen LogP contribution in [-0.2, 0) is 18.1 Å². The Morgan fingerprint density at radius 1 is 0.882 bits per heavy atom. The van der Waals surface area contributed by atoms with Gasteiger partial charge in [-0.3, -0.25) is 0 Å². The molecule has 2 aliphatic heterocycles. The fourth-order valence-corrected chi connectivity index (χ4v) is 5.47. The molecule has 1 aromatic carbocycles. The van der Waals surface area contributed by atoms with Gasteiger partial charge in [-0.2, -0.15) is 0 Å². The van der Waals surface area contributed by atoms with E-state index in [4.69, 9.17) is 18.1 Å². The van der Waals surface area contributed by atoms with Gasteiger partial charge in [0.2, 0.25) is 0 Å². The Morgan fingerprint density at radius 3 is 1.82 bits per heavy atom. The van der Waals surface area contributed by atoms with Crippen molar-refractivity contribution >= 4 is 7.51 Å². The third kappa shape index (κ3) is 1.63. The zero-order valence-corrected chi connectivity index (χ0v) is 10.2. The number of rotatable bonds is 2.